The maximum Gasteiger partial charge on any atom is 0.263 e. The first kappa shape index (κ1) is 26.2. The van der Waals surface area contributed by atoms with Gasteiger partial charge in [-0.15, -0.1) is 0 Å². The van der Waals surface area contributed by atoms with Crippen molar-refractivity contribution in [2.45, 2.75) is 26.7 Å². The van der Waals surface area contributed by atoms with Crippen LogP contribution in [-0.4, -0.2) is 23.0 Å². The van der Waals surface area contributed by atoms with Crippen molar-refractivity contribution in [1.29, 1.82) is 5.26 Å². The smallest absolute Gasteiger partial charge is 0.263 e. The number of hydrogen-bond donors (Lipinski definition) is 1. The third kappa shape index (κ3) is 5.60. The van der Waals surface area contributed by atoms with Gasteiger partial charge in [0.15, 0.2) is 11.5 Å². The summed E-state index contributed by atoms with van der Waals surface area (Å²) in [5, 5.41) is 12.1. The number of anilines is 1. The molecule has 4 rings (SSSR count). The predicted molar refractivity (Wildman–Crippen MR) is 139 cm³/mol. The molecule has 0 bridgehead atoms. The first-order valence-corrected chi connectivity index (χ1v) is 11.7. The van der Waals surface area contributed by atoms with Crippen LogP contribution in [0, 0.1) is 18.3 Å². The Labute approximate surface area is 218 Å². The molecule has 0 saturated carbocycles. The molecule has 0 fully saturated rings. The summed E-state index contributed by atoms with van der Waals surface area (Å²) < 4.78 is 37.5. The Morgan fingerprint density at radius 3 is 2.50 bits per heavy atom. The van der Waals surface area contributed by atoms with Gasteiger partial charge in [-0.25, -0.2) is 13.8 Å². The molecule has 0 spiro atoms. The number of nitrogens with one attached hydrogen (secondary N) is 1. The van der Waals surface area contributed by atoms with Gasteiger partial charge in [0.25, 0.3) is 12.3 Å². The molecule has 9 heteroatoms. The van der Waals surface area contributed by atoms with Crippen molar-refractivity contribution in [3.63, 3.8) is 0 Å². The average Bonchev–Trinajstić information content (AvgIpc) is 2.93. The van der Waals surface area contributed by atoms with Crippen LogP contribution in [0.25, 0.3) is 11.1 Å². The molecule has 2 heterocycles. The summed E-state index contributed by atoms with van der Waals surface area (Å²) in [5.74, 6) is 0.0968. The Kier molecular flexibility index (Phi) is 7.92. The number of hydrogen-bond acceptors (Lipinski definition) is 6. The summed E-state index contributed by atoms with van der Waals surface area (Å²) in [7, 11) is 1.44. The summed E-state index contributed by atoms with van der Waals surface area (Å²) in [5.41, 5.74) is 3.53. The Hall–Kier alpha value is -4.84. The minimum Gasteiger partial charge on any atom is -0.493 e. The zero-order chi connectivity index (χ0) is 27.2. The van der Waals surface area contributed by atoms with Gasteiger partial charge in [0.2, 0.25) is 5.88 Å². The highest BCUT2D eigenvalue weighted by atomic mass is 19.3. The molecule has 0 aliphatic carbocycles. The zero-order valence-corrected chi connectivity index (χ0v) is 21.0. The monoisotopic (exact) mass is 514 g/mol. The fourth-order valence-corrected chi connectivity index (χ4v) is 3.89. The average molecular weight is 515 g/mol. The Bertz CT molecular complexity index is 1520. The minimum atomic E-state index is -2.59. The molecular weight excluding hydrogens is 490 g/mol. The maximum absolute atomic E-state index is 13.6. The number of aryl methyl sites for hydroxylation is 1. The van der Waals surface area contributed by atoms with Crippen LogP contribution in [0.5, 0.6) is 17.4 Å². The zero-order valence-electron chi connectivity index (χ0n) is 21.0. The molecule has 4 aromatic rings. The number of benzene rings is 2. The van der Waals surface area contributed by atoms with Crippen molar-refractivity contribution < 1.29 is 23.0 Å². The predicted octanol–water partition coefficient (Wildman–Crippen LogP) is 6.88. The van der Waals surface area contributed by atoms with Gasteiger partial charge < -0.3 is 14.8 Å². The Morgan fingerprint density at radius 2 is 1.84 bits per heavy atom. The van der Waals surface area contributed by atoms with Gasteiger partial charge >= 0.3 is 0 Å². The number of methoxy groups -OCH3 is 1. The van der Waals surface area contributed by atoms with Crippen LogP contribution in [0.15, 0.2) is 67.0 Å². The van der Waals surface area contributed by atoms with Gasteiger partial charge in [-0.05, 0) is 48.7 Å². The summed E-state index contributed by atoms with van der Waals surface area (Å²) in [4.78, 5) is 22.3. The van der Waals surface area contributed by atoms with Gasteiger partial charge in [-0.1, -0.05) is 31.2 Å². The molecule has 0 unspecified atom stereocenters. The van der Waals surface area contributed by atoms with E-state index in [9.17, 15) is 18.8 Å². The van der Waals surface area contributed by atoms with E-state index >= 15 is 0 Å². The van der Waals surface area contributed by atoms with E-state index in [1.54, 1.807) is 49.5 Å². The largest absolute Gasteiger partial charge is 0.493 e. The van der Waals surface area contributed by atoms with E-state index in [-0.39, 0.29) is 22.8 Å². The van der Waals surface area contributed by atoms with Crippen LogP contribution in [0.3, 0.4) is 0 Å². The second-order valence-electron chi connectivity index (χ2n) is 8.32. The number of nitriles is 1. The van der Waals surface area contributed by atoms with Crippen LogP contribution in [0.4, 0.5) is 14.5 Å². The lowest BCUT2D eigenvalue weighted by Gasteiger charge is -2.17. The molecule has 0 aliphatic rings. The standard InChI is InChI=1S/C29H24F2N4O3/c1-4-21-14-22(11-12-33-21)35-28(36)26-17(2)23(19-6-8-20(9-7-19)27(30)31)16-34-29(26)38-24-10-5-18(15-32)13-25(24)37-3/h5-14,16,27H,4H2,1-3H3,(H,33,35,36). The number of halogens is 2. The molecule has 0 saturated heterocycles. The second kappa shape index (κ2) is 11.5. The molecule has 0 atom stereocenters. The van der Waals surface area contributed by atoms with E-state index in [1.165, 1.54) is 31.5 Å². The summed E-state index contributed by atoms with van der Waals surface area (Å²) in [6, 6.07) is 15.9. The lowest BCUT2D eigenvalue weighted by Crippen LogP contribution is -2.16. The fourth-order valence-electron chi connectivity index (χ4n) is 3.89. The first-order valence-electron chi connectivity index (χ1n) is 11.7. The molecule has 1 N–H and O–H groups in total. The highest BCUT2D eigenvalue weighted by molar-refractivity contribution is 6.08. The number of aromatic nitrogens is 2. The number of ether oxygens (including phenoxy) is 2. The van der Waals surface area contributed by atoms with Crippen LogP contribution < -0.4 is 14.8 Å². The Balaban J connectivity index is 1.80. The third-order valence-corrected chi connectivity index (χ3v) is 5.94. The molecular formula is C29H24F2N4O3. The highest BCUT2D eigenvalue weighted by Crippen LogP contribution is 2.37. The van der Waals surface area contributed by atoms with E-state index in [0.29, 0.717) is 40.1 Å². The van der Waals surface area contributed by atoms with Gasteiger partial charge in [-0.2, -0.15) is 5.26 Å². The van der Waals surface area contributed by atoms with Crippen LogP contribution in [-0.2, 0) is 6.42 Å². The molecule has 192 valence electrons. The van der Waals surface area contributed by atoms with Gasteiger partial charge in [0, 0.05) is 41.0 Å². The van der Waals surface area contributed by atoms with E-state index in [2.05, 4.69) is 15.3 Å². The molecule has 0 aliphatic heterocycles. The number of carbonyl (C=O) groups is 1. The van der Waals surface area contributed by atoms with Crippen LogP contribution in [0.1, 0.15) is 46.1 Å². The number of amides is 1. The quantitative estimate of drug-likeness (QED) is 0.275. The van der Waals surface area contributed by atoms with E-state index in [4.69, 9.17) is 9.47 Å². The summed E-state index contributed by atoms with van der Waals surface area (Å²) in [6.07, 6.45) is 1.24. The van der Waals surface area contributed by atoms with Crippen LogP contribution >= 0.6 is 0 Å². The summed E-state index contributed by atoms with van der Waals surface area (Å²) in [6.45, 7) is 3.70. The van der Waals surface area contributed by atoms with Gasteiger partial charge in [0.05, 0.1) is 18.7 Å². The third-order valence-electron chi connectivity index (χ3n) is 5.94. The Morgan fingerprint density at radius 1 is 1.08 bits per heavy atom. The number of rotatable bonds is 8. The van der Waals surface area contributed by atoms with Crippen LogP contribution in [0.2, 0.25) is 0 Å². The fraction of sp³-hybridized carbons (Fsp3) is 0.172. The summed E-state index contributed by atoms with van der Waals surface area (Å²) >= 11 is 0. The minimum absolute atomic E-state index is 0.0146. The van der Waals surface area contributed by atoms with E-state index in [1.807, 2.05) is 13.0 Å². The normalized spacial score (nSPS) is 10.7. The second-order valence-corrected chi connectivity index (χ2v) is 8.32. The lowest BCUT2D eigenvalue weighted by atomic mass is 9.97. The van der Waals surface area contributed by atoms with Crippen molar-refractivity contribution in [3.05, 3.63) is 94.9 Å². The van der Waals surface area contributed by atoms with E-state index in [0.717, 1.165) is 5.69 Å². The van der Waals surface area contributed by atoms with Gasteiger partial charge in [-0.3, -0.25) is 9.78 Å². The number of alkyl halides is 2. The van der Waals surface area contributed by atoms with Crippen molar-refractivity contribution in [2.75, 3.05) is 12.4 Å². The topological polar surface area (TPSA) is 97.1 Å². The highest BCUT2D eigenvalue weighted by Gasteiger charge is 2.23. The molecule has 1 amide bonds. The number of pyridine rings is 2. The molecule has 0 radical (unpaired) electrons. The molecule has 2 aromatic heterocycles. The van der Waals surface area contributed by atoms with Crippen molar-refractivity contribution >= 4 is 11.6 Å². The molecule has 2 aromatic carbocycles. The number of nitrogens with zero attached hydrogens (tertiary/aromatic N) is 3. The maximum atomic E-state index is 13.6. The van der Waals surface area contributed by atoms with Crippen molar-refractivity contribution in [1.82, 2.24) is 9.97 Å². The van der Waals surface area contributed by atoms with E-state index < -0.39 is 12.3 Å². The van der Waals surface area contributed by atoms with Crippen molar-refractivity contribution in [3.8, 4) is 34.6 Å². The van der Waals surface area contributed by atoms with Gasteiger partial charge in [0.1, 0.15) is 5.56 Å². The number of carbonyl (C=O) groups excluding carboxylic acids is 1. The van der Waals surface area contributed by atoms with Crippen molar-refractivity contribution in [2.24, 2.45) is 0 Å². The SMILES string of the molecule is CCc1cc(NC(=O)c2c(Oc3ccc(C#N)cc3OC)ncc(-c3ccc(C(F)F)cc3)c2C)ccn1. The first-order chi connectivity index (χ1) is 18.3. The molecule has 7 nitrogen and oxygen atoms in total. The molecule has 38 heavy (non-hydrogen) atoms. The lowest BCUT2D eigenvalue weighted by molar-refractivity contribution is 0.102.